The Hall–Kier alpha value is -1.59. The van der Waals surface area contributed by atoms with E-state index in [-0.39, 0.29) is 21.7 Å². The predicted octanol–water partition coefficient (Wildman–Crippen LogP) is 2.53. The number of thiophene rings is 1. The molecule has 1 aromatic carbocycles. The number of nitrogens with one attached hydrogen (secondary N) is 1. The number of hydrogen-bond acceptors (Lipinski definition) is 7. The Morgan fingerprint density at radius 3 is 2.67 bits per heavy atom. The van der Waals surface area contributed by atoms with Gasteiger partial charge in [-0.3, -0.25) is 4.79 Å². The summed E-state index contributed by atoms with van der Waals surface area (Å²) in [6.07, 6.45) is 0. The molecule has 30 heavy (non-hydrogen) atoms. The molecule has 0 saturated carbocycles. The fourth-order valence-electron chi connectivity index (χ4n) is 3.31. The summed E-state index contributed by atoms with van der Waals surface area (Å²) in [4.78, 5) is 15.2. The first-order valence-electron chi connectivity index (χ1n) is 9.58. The average Bonchev–Trinajstić information content (AvgIpc) is 3.25. The maximum Gasteiger partial charge on any atom is 0.262 e. The van der Waals surface area contributed by atoms with Crippen LogP contribution in [0.25, 0.3) is 0 Å². The standard InChI is InChI=1S/C20H27N3O4S3/c1-22(2)17(15-5-4-6-16(13-15)27-3)14-21-20(24)19-18(7-10-29-19)30(25,26)23-8-11-28-12-9-23/h4-7,10,13,17H,8-9,11-12,14H2,1-3H3,(H,21,24). The fraction of sp³-hybridized carbons (Fsp3) is 0.450. The molecule has 1 aromatic heterocycles. The molecule has 1 fully saturated rings. The fourth-order valence-corrected chi connectivity index (χ4v) is 7.20. The van der Waals surface area contributed by atoms with Crippen LogP contribution in [0.2, 0.25) is 0 Å². The highest BCUT2D eigenvalue weighted by Gasteiger charge is 2.31. The third kappa shape index (κ3) is 5.17. The lowest BCUT2D eigenvalue weighted by molar-refractivity contribution is 0.0943. The second-order valence-electron chi connectivity index (χ2n) is 7.10. The number of rotatable bonds is 8. The number of ether oxygens (including phenoxy) is 1. The summed E-state index contributed by atoms with van der Waals surface area (Å²) in [6.45, 7) is 1.29. The van der Waals surface area contributed by atoms with Gasteiger partial charge in [0.25, 0.3) is 5.91 Å². The molecule has 0 spiro atoms. The number of thioether (sulfide) groups is 1. The first-order chi connectivity index (χ1) is 14.3. The summed E-state index contributed by atoms with van der Waals surface area (Å²) in [5, 5.41) is 4.58. The molecule has 1 N–H and O–H groups in total. The average molecular weight is 470 g/mol. The summed E-state index contributed by atoms with van der Waals surface area (Å²) in [6, 6.07) is 9.15. The summed E-state index contributed by atoms with van der Waals surface area (Å²) >= 11 is 2.89. The van der Waals surface area contributed by atoms with Crippen LogP contribution < -0.4 is 10.1 Å². The minimum atomic E-state index is -3.67. The quantitative estimate of drug-likeness (QED) is 0.640. The molecule has 10 heteroatoms. The van der Waals surface area contributed by atoms with Crippen molar-refractivity contribution in [1.29, 1.82) is 0 Å². The third-order valence-electron chi connectivity index (χ3n) is 4.98. The predicted molar refractivity (Wildman–Crippen MR) is 122 cm³/mol. The number of sulfonamides is 1. The Balaban J connectivity index is 1.75. The maximum atomic E-state index is 13.0. The second kappa shape index (κ2) is 10.1. The van der Waals surface area contributed by atoms with Crippen LogP contribution in [0.5, 0.6) is 5.75 Å². The lowest BCUT2D eigenvalue weighted by Gasteiger charge is -2.26. The van der Waals surface area contributed by atoms with Gasteiger partial charge in [-0.2, -0.15) is 16.1 Å². The zero-order valence-electron chi connectivity index (χ0n) is 17.3. The number of carbonyl (C=O) groups excluding carboxylic acids is 1. The van der Waals surface area contributed by atoms with Gasteiger partial charge in [-0.05, 0) is 43.2 Å². The van der Waals surface area contributed by atoms with Gasteiger partial charge in [0.2, 0.25) is 10.0 Å². The van der Waals surface area contributed by atoms with Crippen molar-refractivity contribution in [1.82, 2.24) is 14.5 Å². The minimum Gasteiger partial charge on any atom is -0.497 e. The molecule has 1 aliphatic heterocycles. The van der Waals surface area contributed by atoms with Crippen LogP contribution in [0.15, 0.2) is 40.6 Å². The number of benzene rings is 1. The van der Waals surface area contributed by atoms with E-state index in [9.17, 15) is 13.2 Å². The van der Waals surface area contributed by atoms with Crippen LogP contribution >= 0.6 is 23.1 Å². The highest BCUT2D eigenvalue weighted by atomic mass is 32.2. The summed E-state index contributed by atoms with van der Waals surface area (Å²) in [5.41, 5.74) is 1.00. The van der Waals surface area contributed by atoms with Crippen molar-refractivity contribution >= 4 is 39.0 Å². The van der Waals surface area contributed by atoms with E-state index in [0.29, 0.717) is 19.6 Å². The van der Waals surface area contributed by atoms with E-state index in [0.717, 1.165) is 34.2 Å². The molecule has 1 saturated heterocycles. The first-order valence-corrected chi connectivity index (χ1v) is 13.1. The molecule has 164 valence electrons. The molecule has 2 aromatic rings. The van der Waals surface area contributed by atoms with E-state index in [1.54, 1.807) is 24.3 Å². The highest BCUT2D eigenvalue weighted by molar-refractivity contribution is 7.99. The summed E-state index contributed by atoms with van der Waals surface area (Å²) < 4.78 is 32.8. The number of carbonyl (C=O) groups is 1. The molecule has 0 aliphatic carbocycles. The molecular formula is C20H27N3O4S3. The number of amides is 1. The smallest absolute Gasteiger partial charge is 0.262 e. The molecule has 2 heterocycles. The van der Waals surface area contributed by atoms with Crippen LogP contribution in [-0.4, -0.2) is 75.9 Å². The summed E-state index contributed by atoms with van der Waals surface area (Å²) in [5.74, 6) is 1.92. The monoisotopic (exact) mass is 469 g/mol. The lowest BCUT2D eigenvalue weighted by atomic mass is 10.1. The van der Waals surface area contributed by atoms with Gasteiger partial charge < -0.3 is 15.0 Å². The summed E-state index contributed by atoms with van der Waals surface area (Å²) in [7, 11) is 1.82. The zero-order valence-corrected chi connectivity index (χ0v) is 19.8. The molecule has 7 nitrogen and oxygen atoms in total. The molecule has 1 atom stereocenters. The number of hydrogen-bond donors (Lipinski definition) is 1. The van der Waals surface area contributed by atoms with E-state index in [2.05, 4.69) is 5.32 Å². The Kier molecular flexibility index (Phi) is 7.81. The van der Waals surface area contributed by atoms with E-state index in [4.69, 9.17) is 4.74 Å². The van der Waals surface area contributed by atoms with E-state index >= 15 is 0 Å². The van der Waals surface area contributed by atoms with Crippen LogP contribution in [0.1, 0.15) is 21.3 Å². The van der Waals surface area contributed by atoms with Crippen molar-refractivity contribution in [2.75, 3.05) is 52.3 Å². The maximum absolute atomic E-state index is 13.0. The van der Waals surface area contributed by atoms with E-state index in [1.807, 2.05) is 43.3 Å². The normalized spacial score (nSPS) is 16.4. The van der Waals surface area contributed by atoms with Gasteiger partial charge in [0, 0.05) is 31.1 Å². The third-order valence-corrected chi connectivity index (χ3v) is 8.91. The highest BCUT2D eigenvalue weighted by Crippen LogP contribution is 2.28. The molecule has 1 unspecified atom stereocenters. The van der Waals surface area contributed by atoms with E-state index in [1.165, 1.54) is 10.4 Å². The van der Waals surface area contributed by atoms with Crippen molar-refractivity contribution in [2.24, 2.45) is 0 Å². The molecule has 1 amide bonds. The van der Waals surface area contributed by atoms with Crippen LogP contribution in [0.4, 0.5) is 0 Å². The van der Waals surface area contributed by atoms with Crippen LogP contribution in [-0.2, 0) is 10.0 Å². The van der Waals surface area contributed by atoms with Crippen LogP contribution in [0.3, 0.4) is 0 Å². The zero-order chi connectivity index (χ0) is 21.7. The van der Waals surface area contributed by atoms with Gasteiger partial charge in [-0.15, -0.1) is 11.3 Å². The van der Waals surface area contributed by atoms with Gasteiger partial charge in [-0.1, -0.05) is 12.1 Å². The second-order valence-corrected chi connectivity index (χ2v) is 11.1. The SMILES string of the molecule is COc1cccc(C(CNC(=O)c2sccc2S(=O)(=O)N2CCSCC2)N(C)C)c1. The van der Waals surface area contributed by atoms with E-state index < -0.39 is 10.0 Å². The Bertz CT molecular complexity index is 969. The van der Waals surface area contributed by atoms with Gasteiger partial charge >= 0.3 is 0 Å². The molecule has 0 bridgehead atoms. The van der Waals surface area contributed by atoms with Gasteiger partial charge in [0.15, 0.2) is 0 Å². The Labute approximate surface area is 186 Å². The van der Waals surface area contributed by atoms with Crippen molar-refractivity contribution < 1.29 is 17.9 Å². The number of nitrogens with zero attached hydrogens (tertiary/aromatic N) is 2. The van der Waals surface area contributed by atoms with Crippen molar-refractivity contribution in [3.05, 3.63) is 46.2 Å². The van der Waals surface area contributed by atoms with Crippen molar-refractivity contribution in [3.63, 3.8) is 0 Å². The minimum absolute atomic E-state index is 0.0804. The largest absolute Gasteiger partial charge is 0.497 e. The molecule has 0 radical (unpaired) electrons. The first kappa shape index (κ1) is 23.1. The van der Waals surface area contributed by atoms with Crippen molar-refractivity contribution in [2.45, 2.75) is 10.9 Å². The molecule has 1 aliphatic rings. The lowest BCUT2D eigenvalue weighted by Crippen LogP contribution is -2.39. The topological polar surface area (TPSA) is 78.9 Å². The van der Waals surface area contributed by atoms with Gasteiger partial charge in [-0.25, -0.2) is 8.42 Å². The number of likely N-dealkylation sites (N-methyl/N-ethyl adjacent to an activating group) is 1. The molecule has 3 rings (SSSR count). The Morgan fingerprint density at radius 2 is 2.00 bits per heavy atom. The number of methoxy groups -OCH3 is 1. The van der Waals surface area contributed by atoms with Gasteiger partial charge in [0.05, 0.1) is 13.2 Å². The van der Waals surface area contributed by atoms with Gasteiger partial charge in [0.1, 0.15) is 15.5 Å². The molecular weight excluding hydrogens is 442 g/mol. The Morgan fingerprint density at radius 1 is 1.27 bits per heavy atom. The van der Waals surface area contributed by atoms with Crippen molar-refractivity contribution in [3.8, 4) is 5.75 Å². The van der Waals surface area contributed by atoms with Crippen LogP contribution in [0, 0.1) is 0 Å².